The fraction of sp³-hybridized carbons (Fsp3) is 0.350. The number of nitrogens with one attached hydrogen (secondary N) is 1. The summed E-state index contributed by atoms with van der Waals surface area (Å²) in [5.41, 5.74) is 3.87. The average molecular weight is 327 g/mol. The van der Waals surface area contributed by atoms with Gasteiger partial charge in [-0.25, -0.2) is 0 Å². The van der Waals surface area contributed by atoms with Gasteiger partial charge in [0.15, 0.2) is 0 Å². The van der Waals surface area contributed by atoms with Crippen LogP contribution in [0.5, 0.6) is 0 Å². The van der Waals surface area contributed by atoms with Crippen molar-refractivity contribution in [3.63, 3.8) is 0 Å². The maximum atomic E-state index is 12.0. The monoisotopic (exact) mass is 327 g/mol. The second-order valence-corrected chi connectivity index (χ2v) is 6.96. The van der Waals surface area contributed by atoms with Gasteiger partial charge >= 0.3 is 0 Å². The molecule has 2 rings (SSSR count). The Morgan fingerprint density at radius 2 is 1.83 bits per heavy atom. The number of benzene rings is 2. The summed E-state index contributed by atoms with van der Waals surface area (Å²) >= 11 is 1.67. The summed E-state index contributed by atoms with van der Waals surface area (Å²) in [6.45, 7) is 4.17. The molecule has 0 aliphatic rings. The van der Waals surface area contributed by atoms with E-state index in [1.165, 1.54) is 16.7 Å². The summed E-state index contributed by atoms with van der Waals surface area (Å²) in [5.74, 6) is 1.53. The van der Waals surface area contributed by atoms with Crippen molar-refractivity contribution in [3.05, 3.63) is 71.3 Å². The number of rotatable bonds is 8. The second-order valence-electron chi connectivity index (χ2n) is 5.97. The molecule has 0 heterocycles. The van der Waals surface area contributed by atoms with Crippen LogP contribution in [0.4, 0.5) is 0 Å². The Bertz CT molecular complexity index is 612. The highest BCUT2D eigenvalue weighted by molar-refractivity contribution is 7.99. The molecule has 3 heteroatoms. The van der Waals surface area contributed by atoms with Gasteiger partial charge in [-0.2, -0.15) is 0 Å². The predicted octanol–water partition coefficient (Wildman–Crippen LogP) is 4.37. The van der Waals surface area contributed by atoms with Crippen LogP contribution in [0.1, 0.15) is 30.0 Å². The van der Waals surface area contributed by atoms with Crippen LogP contribution >= 0.6 is 11.8 Å². The first-order chi connectivity index (χ1) is 11.1. The average Bonchev–Trinajstić information content (AvgIpc) is 2.54. The van der Waals surface area contributed by atoms with Crippen LogP contribution in [0, 0.1) is 6.92 Å². The molecule has 0 bridgehead atoms. The fourth-order valence-corrected chi connectivity index (χ4v) is 3.27. The third kappa shape index (κ3) is 6.91. The zero-order valence-corrected chi connectivity index (χ0v) is 14.7. The van der Waals surface area contributed by atoms with Crippen molar-refractivity contribution in [1.29, 1.82) is 0 Å². The number of amides is 1. The molecule has 1 N–H and O–H groups in total. The number of thioether (sulfide) groups is 1. The Morgan fingerprint density at radius 1 is 1.09 bits per heavy atom. The van der Waals surface area contributed by atoms with Crippen molar-refractivity contribution in [2.75, 3.05) is 5.75 Å². The van der Waals surface area contributed by atoms with Gasteiger partial charge < -0.3 is 5.32 Å². The molecule has 0 radical (unpaired) electrons. The Morgan fingerprint density at radius 3 is 2.57 bits per heavy atom. The Kier molecular flexibility index (Phi) is 7.21. The van der Waals surface area contributed by atoms with E-state index in [4.69, 9.17) is 0 Å². The van der Waals surface area contributed by atoms with Crippen LogP contribution in [0.3, 0.4) is 0 Å². The predicted molar refractivity (Wildman–Crippen MR) is 99.7 cm³/mol. The van der Waals surface area contributed by atoms with Gasteiger partial charge in [0.1, 0.15) is 0 Å². The highest BCUT2D eigenvalue weighted by Gasteiger charge is 2.08. The summed E-state index contributed by atoms with van der Waals surface area (Å²) in [7, 11) is 0. The maximum Gasteiger partial charge on any atom is 0.230 e. The van der Waals surface area contributed by atoms with Gasteiger partial charge in [-0.1, -0.05) is 60.2 Å². The minimum absolute atomic E-state index is 0.128. The summed E-state index contributed by atoms with van der Waals surface area (Å²) < 4.78 is 0. The van der Waals surface area contributed by atoms with E-state index in [2.05, 4.69) is 67.7 Å². The van der Waals surface area contributed by atoms with Crippen molar-refractivity contribution in [2.24, 2.45) is 0 Å². The van der Waals surface area contributed by atoms with E-state index in [0.29, 0.717) is 5.75 Å². The summed E-state index contributed by atoms with van der Waals surface area (Å²) in [4.78, 5) is 12.0. The van der Waals surface area contributed by atoms with Gasteiger partial charge in [-0.05, 0) is 37.8 Å². The first-order valence-corrected chi connectivity index (χ1v) is 9.25. The molecular weight excluding hydrogens is 302 g/mol. The van der Waals surface area contributed by atoms with E-state index in [9.17, 15) is 4.79 Å². The van der Waals surface area contributed by atoms with Crippen LogP contribution in [0.2, 0.25) is 0 Å². The lowest BCUT2D eigenvalue weighted by molar-refractivity contribution is -0.119. The van der Waals surface area contributed by atoms with Crippen molar-refractivity contribution < 1.29 is 4.79 Å². The molecule has 1 amide bonds. The minimum Gasteiger partial charge on any atom is -0.353 e. The number of carbonyl (C=O) groups is 1. The third-order valence-electron chi connectivity index (χ3n) is 3.70. The van der Waals surface area contributed by atoms with E-state index < -0.39 is 0 Å². The van der Waals surface area contributed by atoms with Gasteiger partial charge in [0, 0.05) is 11.8 Å². The molecule has 0 aliphatic heterocycles. The molecule has 23 heavy (non-hydrogen) atoms. The molecule has 0 aromatic heterocycles. The zero-order valence-electron chi connectivity index (χ0n) is 13.9. The standard InChI is InChI=1S/C20H25NOS/c1-16-7-6-10-19(13-16)14-23-15-20(22)21-17(2)11-12-18-8-4-3-5-9-18/h3-10,13,17H,11-12,14-15H2,1-2H3,(H,21,22)/t17-/m0/s1. The molecule has 0 saturated heterocycles. The zero-order chi connectivity index (χ0) is 16.5. The number of aryl methyl sites for hydroxylation is 2. The highest BCUT2D eigenvalue weighted by Crippen LogP contribution is 2.13. The molecule has 122 valence electrons. The van der Waals surface area contributed by atoms with Gasteiger partial charge in [0.25, 0.3) is 0 Å². The SMILES string of the molecule is Cc1cccc(CSCC(=O)N[C@@H](C)CCc2ccccc2)c1. The Balaban J connectivity index is 1.64. The lowest BCUT2D eigenvalue weighted by atomic mass is 10.1. The number of carbonyl (C=O) groups excluding carboxylic acids is 1. The summed E-state index contributed by atoms with van der Waals surface area (Å²) in [5, 5.41) is 3.09. The lowest BCUT2D eigenvalue weighted by Gasteiger charge is -2.14. The van der Waals surface area contributed by atoms with Crippen LogP contribution in [0.15, 0.2) is 54.6 Å². The van der Waals surface area contributed by atoms with E-state index in [-0.39, 0.29) is 11.9 Å². The number of hydrogen-bond donors (Lipinski definition) is 1. The molecule has 0 saturated carbocycles. The fourth-order valence-electron chi connectivity index (χ4n) is 2.48. The van der Waals surface area contributed by atoms with Crippen LogP contribution in [-0.4, -0.2) is 17.7 Å². The molecule has 2 aromatic rings. The van der Waals surface area contributed by atoms with E-state index in [1.807, 2.05) is 6.07 Å². The first-order valence-electron chi connectivity index (χ1n) is 8.10. The van der Waals surface area contributed by atoms with Gasteiger partial charge in [-0.3, -0.25) is 4.79 Å². The highest BCUT2D eigenvalue weighted by atomic mass is 32.2. The molecule has 2 nitrogen and oxygen atoms in total. The van der Waals surface area contributed by atoms with Gasteiger partial charge in [0.05, 0.1) is 5.75 Å². The van der Waals surface area contributed by atoms with Crippen molar-refractivity contribution in [3.8, 4) is 0 Å². The van der Waals surface area contributed by atoms with Crippen LogP contribution in [-0.2, 0) is 17.0 Å². The third-order valence-corrected chi connectivity index (χ3v) is 4.70. The van der Waals surface area contributed by atoms with Crippen molar-refractivity contribution in [2.45, 2.75) is 38.5 Å². The molecule has 0 unspecified atom stereocenters. The Hall–Kier alpha value is -1.74. The number of hydrogen-bond acceptors (Lipinski definition) is 2. The molecular formula is C20H25NOS. The molecule has 0 fully saturated rings. The topological polar surface area (TPSA) is 29.1 Å². The van der Waals surface area contributed by atoms with E-state index in [0.717, 1.165) is 18.6 Å². The second kappa shape index (κ2) is 9.41. The normalized spacial score (nSPS) is 11.9. The molecule has 1 atom stereocenters. The molecule has 0 aliphatic carbocycles. The van der Waals surface area contributed by atoms with Crippen LogP contribution in [0.25, 0.3) is 0 Å². The minimum atomic E-state index is 0.128. The summed E-state index contributed by atoms with van der Waals surface area (Å²) in [6.07, 6.45) is 1.97. The lowest BCUT2D eigenvalue weighted by Crippen LogP contribution is -2.34. The maximum absolute atomic E-state index is 12.0. The van der Waals surface area contributed by atoms with Crippen LogP contribution < -0.4 is 5.32 Å². The van der Waals surface area contributed by atoms with Gasteiger partial charge in [-0.15, -0.1) is 11.8 Å². The molecule has 0 spiro atoms. The quantitative estimate of drug-likeness (QED) is 0.780. The Labute approximate surface area is 143 Å². The van der Waals surface area contributed by atoms with Crippen molar-refractivity contribution in [1.82, 2.24) is 5.32 Å². The summed E-state index contributed by atoms with van der Waals surface area (Å²) in [6, 6.07) is 19.1. The smallest absolute Gasteiger partial charge is 0.230 e. The van der Waals surface area contributed by atoms with Gasteiger partial charge in [0.2, 0.25) is 5.91 Å². The first kappa shape index (κ1) is 17.6. The van der Waals surface area contributed by atoms with E-state index in [1.54, 1.807) is 11.8 Å². The van der Waals surface area contributed by atoms with E-state index >= 15 is 0 Å². The largest absolute Gasteiger partial charge is 0.353 e. The van der Waals surface area contributed by atoms with Crippen molar-refractivity contribution >= 4 is 17.7 Å². The molecule has 2 aromatic carbocycles.